The van der Waals surface area contributed by atoms with Crippen molar-refractivity contribution in [2.45, 2.75) is 12.8 Å². The van der Waals surface area contributed by atoms with Gasteiger partial charge in [-0.05, 0) is 12.8 Å². The average molecular weight is 150 g/mol. The second kappa shape index (κ2) is 7.03. The van der Waals surface area contributed by atoms with Crippen molar-refractivity contribution in [2.75, 3.05) is 0 Å². The predicted molar refractivity (Wildman–Crippen MR) is 49.4 cm³/mol. The maximum atomic E-state index is 2.12. The molecule has 0 fully saturated rings. The van der Waals surface area contributed by atoms with Gasteiger partial charge in [-0.2, -0.15) is 0 Å². The van der Waals surface area contributed by atoms with Crippen LogP contribution in [0.3, 0.4) is 0 Å². The van der Waals surface area contributed by atoms with E-state index in [9.17, 15) is 0 Å². The summed E-state index contributed by atoms with van der Waals surface area (Å²) in [5.41, 5.74) is 0. The summed E-state index contributed by atoms with van der Waals surface area (Å²) in [7, 11) is 0. The lowest BCUT2D eigenvalue weighted by atomic mass is 10.5. The largest absolute Gasteiger partial charge is 0.412 e. The van der Waals surface area contributed by atoms with Gasteiger partial charge in [0.1, 0.15) is 0 Å². The van der Waals surface area contributed by atoms with Crippen molar-refractivity contribution in [2.24, 2.45) is 0 Å². The van der Waals surface area contributed by atoms with E-state index >= 15 is 0 Å². The van der Waals surface area contributed by atoms with Crippen LogP contribution in [0.25, 0.3) is 0 Å². The molecule has 0 aromatic carbocycles. The maximum absolute atomic E-state index is 2.12. The Hall–Kier alpha value is -1.08. The molecule has 0 radical (unpaired) electrons. The van der Waals surface area contributed by atoms with Crippen molar-refractivity contribution in [3.8, 4) is 0 Å². The number of hydrogen-bond donors (Lipinski definition) is 0. The van der Waals surface area contributed by atoms with Crippen molar-refractivity contribution in [3.05, 3.63) is 48.6 Å². The summed E-state index contributed by atoms with van der Waals surface area (Å²) in [4.78, 5) is 0. The van der Waals surface area contributed by atoms with Crippen LogP contribution in [0, 0.1) is 0 Å². The van der Waals surface area contributed by atoms with Crippen LogP contribution < -0.4 is 0 Å². The van der Waals surface area contributed by atoms with Gasteiger partial charge in [-0.1, -0.05) is 48.6 Å². The van der Waals surface area contributed by atoms with Crippen molar-refractivity contribution in [1.82, 2.24) is 0 Å². The molecule has 0 unspecified atom stereocenters. The van der Waals surface area contributed by atoms with Gasteiger partial charge in [-0.25, -0.2) is 0 Å². The van der Waals surface area contributed by atoms with Gasteiger partial charge in [0.2, 0.25) is 0 Å². The van der Waals surface area contributed by atoms with Crippen molar-refractivity contribution >= 4 is 0 Å². The zero-order valence-electron chi connectivity index (χ0n) is 6.53. The molecule has 1 nitrogen and oxygen atoms in total. The monoisotopic (exact) mass is 150 g/mol. The summed E-state index contributed by atoms with van der Waals surface area (Å²) in [6.07, 6.45) is 19.0. The van der Waals surface area contributed by atoms with Crippen LogP contribution >= 0.6 is 0 Å². The number of hydrogen-bond acceptors (Lipinski definition) is 0. The van der Waals surface area contributed by atoms with Crippen molar-refractivity contribution in [3.63, 3.8) is 0 Å². The van der Waals surface area contributed by atoms with E-state index in [1.807, 2.05) is 0 Å². The van der Waals surface area contributed by atoms with Crippen LogP contribution in [0.4, 0.5) is 0 Å². The molecule has 0 aromatic rings. The third-order valence-corrected chi connectivity index (χ3v) is 1.31. The molecule has 1 heteroatoms. The van der Waals surface area contributed by atoms with Crippen LogP contribution in [-0.2, 0) is 0 Å². The van der Waals surface area contributed by atoms with Gasteiger partial charge < -0.3 is 5.48 Å². The van der Waals surface area contributed by atoms with Gasteiger partial charge in [0, 0.05) is 0 Å². The van der Waals surface area contributed by atoms with E-state index in [0.29, 0.717) is 0 Å². The molecule has 2 aliphatic carbocycles. The summed E-state index contributed by atoms with van der Waals surface area (Å²) in [5, 5.41) is 0. The van der Waals surface area contributed by atoms with Gasteiger partial charge in [0.15, 0.2) is 0 Å². The van der Waals surface area contributed by atoms with Gasteiger partial charge in [-0.15, -0.1) is 0 Å². The van der Waals surface area contributed by atoms with Gasteiger partial charge in [-0.3, -0.25) is 0 Å². The quantitative estimate of drug-likeness (QED) is 0.507. The van der Waals surface area contributed by atoms with Gasteiger partial charge in [0.05, 0.1) is 0 Å². The summed E-state index contributed by atoms with van der Waals surface area (Å²) in [6, 6.07) is 0. The highest BCUT2D eigenvalue weighted by Gasteiger charge is 1.72. The summed E-state index contributed by atoms with van der Waals surface area (Å²) in [6.45, 7) is 0. The lowest BCUT2D eigenvalue weighted by Gasteiger charge is -1.57. The van der Waals surface area contributed by atoms with Crippen LogP contribution in [0.5, 0.6) is 0 Å². The molecule has 11 heavy (non-hydrogen) atoms. The van der Waals surface area contributed by atoms with E-state index in [4.69, 9.17) is 0 Å². The smallest absolute Gasteiger partial charge is 0.0163 e. The highest BCUT2D eigenvalue weighted by Crippen LogP contribution is 1.93. The Kier molecular flexibility index (Phi) is 6.34. The Labute approximate surface area is 67.7 Å². The molecule has 0 amide bonds. The molecule has 0 heterocycles. The molecule has 60 valence electrons. The minimum absolute atomic E-state index is 0. The molecular weight excluding hydrogens is 136 g/mol. The summed E-state index contributed by atoms with van der Waals surface area (Å²) < 4.78 is 0. The Bertz CT molecular complexity index is 143. The van der Waals surface area contributed by atoms with Gasteiger partial charge in [0.25, 0.3) is 0 Å². The minimum Gasteiger partial charge on any atom is -0.412 e. The Morgan fingerprint density at radius 3 is 0.909 bits per heavy atom. The maximum Gasteiger partial charge on any atom is -0.0163 e. The third-order valence-electron chi connectivity index (χ3n) is 1.31. The molecule has 0 saturated heterocycles. The fourth-order valence-corrected chi connectivity index (χ4v) is 0.786. The van der Waals surface area contributed by atoms with Crippen LogP contribution in [0.1, 0.15) is 12.8 Å². The fraction of sp³-hybridized carbons (Fsp3) is 0.200. The Balaban J connectivity index is 0.000000167. The van der Waals surface area contributed by atoms with E-state index in [0.717, 1.165) is 12.8 Å². The highest BCUT2D eigenvalue weighted by atomic mass is 16.0. The fourth-order valence-electron chi connectivity index (χ4n) is 0.786. The first-order valence-corrected chi connectivity index (χ1v) is 3.63. The van der Waals surface area contributed by atoms with E-state index in [2.05, 4.69) is 48.6 Å². The van der Waals surface area contributed by atoms with Crippen LogP contribution in [0.15, 0.2) is 48.6 Å². The van der Waals surface area contributed by atoms with Gasteiger partial charge >= 0.3 is 0 Å². The first kappa shape index (κ1) is 9.92. The second-order valence-electron chi connectivity index (χ2n) is 2.18. The molecule has 2 N–H and O–H groups in total. The Morgan fingerprint density at radius 1 is 0.545 bits per heavy atom. The van der Waals surface area contributed by atoms with Crippen LogP contribution in [0.2, 0.25) is 0 Å². The molecule has 2 aliphatic rings. The predicted octanol–water partition coefficient (Wildman–Crippen LogP) is 2.18. The van der Waals surface area contributed by atoms with E-state index in [1.54, 1.807) is 0 Å². The topological polar surface area (TPSA) is 31.5 Å². The molecule has 0 atom stereocenters. The van der Waals surface area contributed by atoms with E-state index < -0.39 is 0 Å². The lowest BCUT2D eigenvalue weighted by Crippen LogP contribution is -1.37. The normalized spacial score (nSPS) is 16.0. The summed E-state index contributed by atoms with van der Waals surface area (Å²) >= 11 is 0. The molecule has 0 bridgehead atoms. The van der Waals surface area contributed by atoms with E-state index in [1.165, 1.54) is 0 Å². The molecule has 0 saturated carbocycles. The standard InChI is InChI=1S/2C5H6.H2O/c2*1-2-4-5-3-1;/h2*1-4H,5H2;1H2. The molecular formula is C10H14O. The molecule has 2 rings (SSSR count). The van der Waals surface area contributed by atoms with Crippen molar-refractivity contribution < 1.29 is 5.48 Å². The summed E-state index contributed by atoms with van der Waals surface area (Å²) in [5.74, 6) is 0. The SMILES string of the molecule is C1=CCC=C1.C1=CCC=C1.O. The number of rotatable bonds is 0. The molecule has 0 spiro atoms. The lowest BCUT2D eigenvalue weighted by molar-refractivity contribution is 0.824. The van der Waals surface area contributed by atoms with Crippen molar-refractivity contribution in [1.29, 1.82) is 0 Å². The second-order valence-corrected chi connectivity index (χ2v) is 2.18. The average Bonchev–Trinajstić information content (AvgIpc) is 2.67. The zero-order valence-corrected chi connectivity index (χ0v) is 6.53. The first-order chi connectivity index (χ1) is 5.00. The molecule has 0 aromatic heterocycles. The first-order valence-electron chi connectivity index (χ1n) is 3.63. The highest BCUT2D eigenvalue weighted by molar-refractivity contribution is 5.12. The van der Waals surface area contributed by atoms with E-state index in [-0.39, 0.29) is 5.48 Å². The number of allylic oxidation sites excluding steroid dienone is 8. The third kappa shape index (κ3) is 5.37. The molecule has 0 aliphatic heterocycles. The minimum atomic E-state index is 0. The Morgan fingerprint density at radius 2 is 0.818 bits per heavy atom. The zero-order chi connectivity index (χ0) is 7.07. The van der Waals surface area contributed by atoms with Crippen LogP contribution in [-0.4, -0.2) is 5.48 Å².